The average molecular weight is 491 g/mol. The van der Waals surface area contributed by atoms with Gasteiger partial charge in [0.05, 0.1) is 13.7 Å². The monoisotopic (exact) mass is 490 g/mol. The summed E-state index contributed by atoms with van der Waals surface area (Å²) in [5.74, 6) is 0.326. The molecule has 6 atom stereocenters. The number of benzene rings is 2. The number of rotatable bonds is 7. The lowest BCUT2D eigenvalue weighted by atomic mass is 9.86. The lowest BCUT2D eigenvalue weighted by Gasteiger charge is -2.40. The second-order valence-electron chi connectivity index (χ2n) is 8.12. The van der Waals surface area contributed by atoms with Gasteiger partial charge in [0, 0.05) is 21.4 Å². The van der Waals surface area contributed by atoms with E-state index in [0.717, 1.165) is 16.0 Å². The molecule has 0 saturated carbocycles. The first-order chi connectivity index (χ1) is 15.9. The fourth-order valence-electron chi connectivity index (χ4n) is 4.32. The van der Waals surface area contributed by atoms with Crippen LogP contribution >= 0.6 is 22.9 Å². The number of methoxy groups -OCH3 is 1. The number of aliphatic hydroxyl groups is 4. The smallest absolute Gasteiger partial charge is 0.126 e. The maximum Gasteiger partial charge on any atom is 0.126 e. The summed E-state index contributed by atoms with van der Waals surface area (Å²) in [5, 5.41) is 43.3. The molecule has 0 aliphatic carbocycles. The van der Waals surface area contributed by atoms with Crippen molar-refractivity contribution in [1.82, 2.24) is 0 Å². The molecule has 4 N–H and O–H groups in total. The summed E-state index contributed by atoms with van der Waals surface area (Å²) < 4.78 is 11.3. The van der Waals surface area contributed by atoms with E-state index >= 15 is 0 Å². The Bertz CT molecular complexity index is 1040. The summed E-state index contributed by atoms with van der Waals surface area (Å²) in [4.78, 5) is 1.13. The van der Waals surface area contributed by atoms with Gasteiger partial charge in [0.25, 0.3) is 0 Å². The third kappa shape index (κ3) is 4.95. The van der Waals surface area contributed by atoms with Crippen LogP contribution in [0.2, 0.25) is 5.02 Å². The van der Waals surface area contributed by atoms with E-state index in [2.05, 4.69) is 18.2 Å². The van der Waals surface area contributed by atoms with Crippen LogP contribution in [0.4, 0.5) is 0 Å². The summed E-state index contributed by atoms with van der Waals surface area (Å²) in [6.07, 6.45) is -5.67. The molecule has 0 spiro atoms. The van der Waals surface area contributed by atoms with Crippen molar-refractivity contribution >= 4 is 22.9 Å². The molecule has 1 saturated heterocycles. The van der Waals surface area contributed by atoms with Crippen LogP contribution in [-0.4, -0.2) is 58.6 Å². The highest BCUT2D eigenvalue weighted by Gasteiger charge is 2.45. The van der Waals surface area contributed by atoms with Gasteiger partial charge in [-0.2, -0.15) is 0 Å². The summed E-state index contributed by atoms with van der Waals surface area (Å²) in [6, 6.07) is 17.7. The van der Waals surface area contributed by atoms with E-state index in [1.165, 1.54) is 7.11 Å². The van der Waals surface area contributed by atoms with Crippen molar-refractivity contribution in [2.45, 2.75) is 42.9 Å². The van der Waals surface area contributed by atoms with Crippen molar-refractivity contribution in [2.75, 3.05) is 13.7 Å². The molecular weight excluding hydrogens is 464 g/mol. The molecular formula is C25H27ClO6S. The molecule has 2 heterocycles. The van der Waals surface area contributed by atoms with Crippen LogP contribution < -0.4 is 4.74 Å². The Kier molecular flexibility index (Phi) is 7.71. The second-order valence-corrected chi connectivity index (χ2v) is 9.51. The molecule has 1 unspecified atom stereocenters. The molecule has 2 aromatic carbocycles. The highest BCUT2D eigenvalue weighted by molar-refractivity contribution is 7.10. The van der Waals surface area contributed by atoms with Gasteiger partial charge in [-0.05, 0) is 41.1 Å². The number of halogens is 1. The minimum absolute atomic E-state index is 0.0607. The highest BCUT2D eigenvalue weighted by Crippen LogP contribution is 2.43. The molecule has 0 radical (unpaired) electrons. The topological polar surface area (TPSA) is 99.4 Å². The van der Waals surface area contributed by atoms with E-state index in [4.69, 9.17) is 21.1 Å². The van der Waals surface area contributed by atoms with Gasteiger partial charge in [-0.3, -0.25) is 0 Å². The zero-order chi connectivity index (χ0) is 23.5. The molecule has 1 aromatic heterocycles. The van der Waals surface area contributed by atoms with Gasteiger partial charge in [0.15, 0.2) is 0 Å². The van der Waals surface area contributed by atoms with Crippen molar-refractivity contribution in [2.24, 2.45) is 0 Å². The van der Waals surface area contributed by atoms with Crippen LogP contribution in [0, 0.1) is 0 Å². The second kappa shape index (κ2) is 10.5. The Morgan fingerprint density at radius 3 is 2.42 bits per heavy atom. The van der Waals surface area contributed by atoms with E-state index in [1.807, 2.05) is 35.7 Å². The zero-order valence-corrected chi connectivity index (χ0v) is 19.6. The molecule has 1 aliphatic heterocycles. The van der Waals surface area contributed by atoms with E-state index in [0.29, 0.717) is 22.8 Å². The summed E-state index contributed by atoms with van der Waals surface area (Å²) in [7, 11) is 1.49. The summed E-state index contributed by atoms with van der Waals surface area (Å²) in [5.41, 5.74) is 2.47. The third-order valence-electron chi connectivity index (χ3n) is 6.09. The van der Waals surface area contributed by atoms with Gasteiger partial charge in [-0.1, -0.05) is 48.0 Å². The molecule has 3 aromatic rings. The molecule has 4 rings (SSSR count). The van der Waals surface area contributed by atoms with E-state index in [-0.39, 0.29) is 5.92 Å². The highest BCUT2D eigenvalue weighted by atomic mass is 35.5. The van der Waals surface area contributed by atoms with Gasteiger partial charge < -0.3 is 29.9 Å². The predicted molar refractivity (Wildman–Crippen MR) is 127 cm³/mol. The lowest BCUT2D eigenvalue weighted by molar-refractivity contribution is -0.232. The molecule has 33 heavy (non-hydrogen) atoms. The fraction of sp³-hybridized carbons (Fsp3) is 0.360. The lowest BCUT2D eigenvalue weighted by Crippen LogP contribution is -2.55. The van der Waals surface area contributed by atoms with Crippen LogP contribution in [-0.2, 0) is 11.2 Å². The Morgan fingerprint density at radius 1 is 1.03 bits per heavy atom. The van der Waals surface area contributed by atoms with Crippen molar-refractivity contribution in [3.63, 3.8) is 0 Å². The maximum atomic E-state index is 10.7. The van der Waals surface area contributed by atoms with Gasteiger partial charge in [-0.25, -0.2) is 0 Å². The first kappa shape index (κ1) is 24.2. The minimum Gasteiger partial charge on any atom is -0.496 e. The molecule has 176 valence electrons. The Balaban J connectivity index is 1.79. The molecule has 1 fully saturated rings. The van der Waals surface area contributed by atoms with E-state index in [1.54, 1.807) is 17.4 Å². The first-order valence-corrected chi connectivity index (χ1v) is 12.0. The van der Waals surface area contributed by atoms with Crippen LogP contribution in [0.1, 0.15) is 33.6 Å². The third-order valence-corrected chi connectivity index (χ3v) is 7.41. The number of ether oxygens (including phenoxy) is 2. The van der Waals surface area contributed by atoms with Gasteiger partial charge in [-0.15, -0.1) is 11.3 Å². The van der Waals surface area contributed by atoms with E-state index in [9.17, 15) is 20.4 Å². The zero-order valence-electron chi connectivity index (χ0n) is 18.0. The number of hydrogen-bond acceptors (Lipinski definition) is 7. The fourth-order valence-corrected chi connectivity index (χ4v) is 5.45. The van der Waals surface area contributed by atoms with Gasteiger partial charge in [0.1, 0.15) is 36.3 Å². The van der Waals surface area contributed by atoms with Gasteiger partial charge >= 0.3 is 0 Å². The average Bonchev–Trinajstić information content (AvgIpc) is 3.37. The van der Waals surface area contributed by atoms with Crippen molar-refractivity contribution in [1.29, 1.82) is 0 Å². The molecule has 0 bridgehead atoms. The van der Waals surface area contributed by atoms with Crippen molar-refractivity contribution in [3.8, 4) is 5.75 Å². The van der Waals surface area contributed by atoms with Crippen molar-refractivity contribution < 1.29 is 29.9 Å². The molecule has 8 heteroatoms. The first-order valence-electron chi connectivity index (χ1n) is 10.7. The van der Waals surface area contributed by atoms with E-state index < -0.39 is 37.1 Å². The maximum absolute atomic E-state index is 10.7. The van der Waals surface area contributed by atoms with Crippen LogP contribution in [0.5, 0.6) is 5.75 Å². The normalized spacial score (nSPS) is 26.2. The predicted octanol–water partition coefficient (Wildman–Crippen LogP) is 3.30. The SMILES string of the molecule is COc1cc(Cl)c(C(Cc2ccccc2)c2cccs2)cc1[C@@H]1O[C@H](CO)[C@@H](O)[C@H](O)[C@H]1O. The summed E-state index contributed by atoms with van der Waals surface area (Å²) >= 11 is 8.37. The molecule has 0 amide bonds. The Labute approximate surface area is 201 Å². The largest absolute Gasteiger partial charge is 0.496 e. The van der Waals surface area contributed by atoms with Crippen LogP contribution in [0.15, 0.2) is 60.0 Å². The standard InChI is InChI=1S/C25H27ClO6S/c1-31-19-12-18(26)15(11-17(19)25-24(30)23(29)22(28)20(13-27)32-25)16(21-8-5-9-33-21)10-14-6-3-2-4-7-14/h2-9,11-12,16,20,22-25,27-30H,10,13H2,1H3/t16?,20-,22-,23+,24-,25+/m1/s1. The quantitative estimate of drug-likeness (QED) is 0.405. The summed E-state index contributed by atoms with van der Waals surface area (Å²) in [6.45, 7) is -0.504. The molecule has 6 nitrogen and oxygen atoms in total. The van der Waals surface area contributed by atoms with Crippen molar-refractivity contribution in [3.05, 3.63) is 86.6 Å². The number of hydrogen-bond donors (Lipinski definition) is 4. The Hall–Kier alpha value is -1.97. The number of aliphatic hydroxyl groups excluding tert-OH is 4. The Morgan fingerprint density at radius 2 is 1.79 bits per heavy atom. The van der Waals surface area contributed by atoms with Gasteiger partial charge in [0.2, 0.25) is 0 Å². The number of thiophene rings is 1. The molecule has 1 aliphatic rings. The minimum atomic E-state index is -1.48. The van der Waals surface area contributed by atoms with Crippen LogP contribution in [0.25, 0.3) is 0 Å². The van der Waals surface area contributed by atoms with Crippen LogP contribution in [0.3, 0.4) is 0 Å².